The molecule has 0 spiro atoms. The zero-order valence-corrected chi connectivity index (χ0v) is 7.03. The third-order valence-electron chi connectivity index (χ3n) is 0.507. The third-order valence-corrected chi connectivity index (χ3v) is 1.07. The first-order valence-electron chi connectivity index (χ1n) is 2.44. The molecule has 0 aliphatic carbocycles. The van der Waals surface area contributed by atoms with Crippen molar-refractivity contribution >= 4 is 10.1 Å². The van der Waals surface area contributed by atoms with Gasteiger partial charge in [0.1, 0.15) is 0 Å². The second-order valence-corrected chi connectivity index (χ2v) is 2.72. The summed E-state index contributed by atoms with van der Waals surface area (Å²) in [6, 6.07) is 2.56. The average Bonchev–Trinajstić information content (AvgIpc) is 1.84. The van der Waals surface area contributed by atoms with Crippen molar-refractivity contribution in [2.75, 3.05) is 7.05 Å². The van der Waals surface area contributed by atoms with Crippen molar-refractivity contribution in [2.24, 2.45) is 0 Å². The van der Waals surface area contributed by atoms with Crippen molar-refractivity contribution in [3.05, 3.63) is 4.85 Å². The van der Waals surface area contributed by atoms with E-state index in [0.717, 1.165) is 0 Å². The first-order chi connectivity index (χ1) is 5.16. The van der Waals surface area contributed by atoms with Gasteiger partial charge in [0.25, 0.3) is 13.1 Å². The van der Waals surface area contributed by atoms with Gasteiger partial charge in [-0.05, 0) is 0 Å². The van der Waals surface area contributed by atoms with Crippen LogP contribution in [0.25, 0.3) is 4.85 Å². The van der Waals surface area contributed by atoms with Crippen LogP contribution in [0.5, 0.6) is 0 Å². The molecule has 0 aromatic heterocycles. The summed E-state index contributed by atoms with van der Waals surface area (Å²) >= 11 is 0. The predicted molar refractivity (Wildman–Crippen MR) is 34.6 cm³/mol. The fourth-order valence-electron chi connectivity index (χ4n) is 0. The molecule has 0 unspecified atom stereocenters. The minimum Gasteiger partial charge on any atom is -0.741 e. The van der Waals surface area contributed by atoms with Crippen LogP contribution in [0.1, 0.15) is 6.92 Å². The van der Waals surface area contributed by atoms with E-state index in [1.54, 1.807) is 14.0 Å². The quantitative estimate of drug-likeness (QED) is 0.438. The molecule has 0 radical (unpaired) electrons. The van der Waals surface area contributed by atoms with Gasteiger partial charge in [-0.1, -0.05) is 4.85 Å². The van der Waals surface area contributed by atoms with Gasteiger partial charge in [0.2, 0.25) is 0 Å². The molecular weight excluding hydrogens is 199 g/mol. The summed E-state index contributed by atoms with van der Waals surface area (Å²) in [4.78, 5) is 3.49. The van der Waals surface area contributed by atoms with Gasteiger partial charge in [-0.25, -0.2) is 8.42 Å². The summed E-state index contributed by atoms with van der Waals surface area (Å²) in [5.74, 6) is 0. The molecule has 4 nitrogen and oxygen atoms in total. The fourth-order valence-corrected chi connectivity index (χ4v) is 0. The molecule has 0 saturated heterocycles. The summed E-state index contributed by atoms with van der Waals surface area (Å²) in [6.07, 6.45) is 0. The Kier molecular flexibility index (Phi) is 5.67. The van der Waals surface area contributed by atoms with E-state index in [-0.39, 0.29) is 0 Å². The van der Waals surface area contributed by atoms with Crippen LogP contribution in [0, 0.1) is 6.07 Å². The van der Waals surface area contributed by atoms with Gasteiger partial charge in [0.05, 0.1) is 6.92 Å². The molecule has 12 heavy (non-hydrogen) atoms. The lowest BCUT2D eigenvalue weighted by molar-refractivity contribution is -0.0517. The Bertz CT molecular complexity index is 264. The number of rotatable bonds is 0. The lowest BCUT2D eigenvalue weighted by atomic mass is 10.9. The van der Waals surface area contributed by atoms with E-state index in [9.17, 15) is 13.2 Å². The maximum absolute atomic E-state index is 10.7. The van der Waals surface area contributed by atoms with Gasteiger partial charge >= 0.3 is 5.51 Å². The predicted octanol–water partition coefficient (Wildman–Crippen LogP) is 1.02. The number of nitrogens with zero attached hydrogens (tertiary/aromatic N) is 1. The summed E-state index contributed by atoms with van der Waals surface area (Å²) < 4.78 is 58.9. The Hall–Kier alpha value is -0.810. The summed E-state index contributed by atoms with van der Waals surface area (Å²) in [5.41, 5.74) is -5.65. The van der Waals surface area contributed by atoms with Gasteiger partial charge in [-0.2, -0.15) is 13.2 Å². The molecule has 0 bridgehead atoms. The molecule has 0 amide bonds. The molecule has 0 N–H and O–H groups in total. The van der Waals surface area contributed by atoms with E-state index >= 15 is 0 Å². The lowest BCUT2D eigenvalue weighted by Crippen LogP contribution is -2.21. The van der Waals surface area contributed by atoms with E-state index in [1.807, 2.05) is 0 Å². The van der Waals surface area contributed by atoms with Crippen molar-refractivity contribution in [3.63, 3.8) is 0 Å². The van der Waals surface area contributed by atoms with E-state index in [0.29, 0.717) is 0 Å². The second-order valence-electron chi connectivity index (χ2n) is 1.35. The summed E-state index contributed by atoms with van der Waals surface area (Å²) in [7, 11) is -4.40. The summed E-state index contributed by atoms with van der Waals surface area (Å²) in [5, 5.41) is 0. The average molecular weight is 205 g/mol. The summed E-state index contributed by atoms with van der Waals surface area (Å²) in [6.45, 7) is 1.76. The van der Waals surface area contributed by atoms with Gasteiger partial charge in [0.15, 0.2) is 10.1 Å². The van der Waals surface area contributed by atoms with Crippen LogP contribution >= 0.6 is 0 Å². The van der Waals surface area contributed by atoms with Crippen LogP contribution in [0.4, 0.5) is 13.2 Å². The Balaban J connectivity index is 0. The lowest BCUT2D eigenvalue weighted by Gasteiger charge is -2.08. The molecule has 0 rings (SSSR count). The highest BCUT2D eigenvalue weighted by Crippen LogP contribution is 2.20. The molecule has 0 atom stereocenters. The van der Waals surface area contributed by atoms with E-state index in [1.165, 1.54) is 0 Å². The van der Waals surface area contributed by atoms with E-state index < -0.39 is 15.6 Å². The normalized spacial score (nSPS) is 10.5. The monoisotopic (exact) mass is 205 g/mol. The van der Waals surface area contributed by atoms with Gasteiger partial charge in [0, 0.05) is 0 Å². The van der Waals surface area contributed by atoms with Crippen molar-refractivity contribution in [1.82, 2.24) is 0 Å². The Morgan fingerprint density at radius 1 is 1.42 bits per heavy atom. The molecule has 8 heteroatoms. The van der Waals surface area contributed by atoms with Gasteiger partial charge in [-0.3, -0.25) is 0 Å². The Morgan fingerprint density at radius 3 is 1.58 bits per heavy atom. The topological polar surface area (TPSA) is 61.6 Å². The third kappa shape index (κ3) is 7.30. The molecule has 0 aromatic rings. The molecule has 0 fully saturated rings. The van der Waals surface area contributed by atoms with Gasteiger partial charge < -0.3 is 4.55 Å². The SMILES string of the molecule is CC#[N+]C.O=S(=O)([O-])C(F)(F)F. The first kappa shape index (κ1) is 13.8. The van der Waals surface area contributed by atoms with Crippen LogP contribution in [-0.4, -0.2) is 25.5 Å². The zero-order valence-electron chi connectivity index (χ0n) is 6.21. The number of hydrogen-bond acceptors (Lipinski definition) is 3. The molecule has 0 aliphatic heterocycles. The van der Waals surface area contributed by atoms with E-state index in [2.05, 4.69) is 10.9 Å². The van der Waals surface area contributed by atoms with Gasteiger partial charge in [-0.15, -0.1) is 0 Å². The molecule has 0 saturated carbocycles. The maximum atomic E-state index is 10.7. The standard InChI is InChI=1S/C3H6N.CHF3O3S/c1-3-4-2;2-1(3,4)8(5,6)7/h1-2H3;(H,5,6,7)/q+1;/p-1. The van der Waals surface area contributed by atoms with Crippen LogP contribution in [0.3, 0.4) is 0 Å². The highest BCUT2D eigenvalue weighted by molar-refractivity contribution is 7.86. The minimum absolute atomic E-state index is 1.69. The molecule has 0 aromatic carbocycles. The Morgan fingerprint density at radius 2 is 1.58 bits per heavy atom. The Labute approximate surface area is 67.6 Å². The largest absolute Gasteiger partial charge is 0.741 e. The second kappa shape index (κ2) is 4.95. The van der Waals surface area contributed by atoms with Crippen LogP contribution in [-0.2, 0) is 10.1 Å². The van der Waals surface area contributed by atoms with Crippen molar-refractivity contribution < 1.29 is 26.1 Å². The number of halogens is 3. The zero-order chi connectivity index (χ0) is 10.4. The van der Waals surface area contributed by atoms with Crippen LogP contribution in [0.15, 0.2) is 0 Å². The van der Waals surface area contributed by atoms with Crippen molar-refractivity contribution in [2.45, 2.75) is 12.4 Å². The van der Waals surface area contributed by atoms with Crippen LogP contribution in [0.2, 0.25) is 0 Å². The van der Waals surface area contributed by atoms with Crippen molar-refractivity contribution in [3.8, 4) is 6.07 Å². The molecular formula is C4H6F3NO3S. The number of alkyl halides is 3. The minimum atomic E-state index is -6.09. The fraction of sp³-hybridized carbons (Fsp3) is 0.750. The molecule has 72 valence electrons. The number of hydrogen-bond donors (Lipinski definition) is 0. The maximum Gasteiger partial charge on any atom is 0.485 e. The van der Waals surface area contributed by atoms with Crippen molar-refractivity contribution in [1.29, 1.82) is 0 Å². The highest BCUT2D eigenvalue weighted by Gasteiger charge is 2.36. The molecule has 0 heterocycles. The van der Waals surface area contributed by atoms with Crippen LogP contribution < -0.4 is 0 Å². The highest BCUT2D eigenvalue weighted by atomic mass is 32.2. The molecule has 0 aliphatic rings. The first-order valence-corrected chi connectivity index (χ1v) is 3.85. The van der Waals surface area contributed by atoms with E-state index in [4.69, 9.17) is 13.0 Å². The smallest absolute Gasteiger partial charge is 0.485 e.